The van der Waals surface area contributed by atoms with Gasteiger partial charge in [-0.2, -0.15) is 10.4 Å². The third-order valence-electron chi connectivity index (χ3n) is 2.65. The van der Waals surface area contributed by atoms with Crippen LogP contribution in [0.4, 0.5) is 11.6 Å². The highest BCUT2D eigenvalue weighted by molar-refractivity contribution is 5.57. The first-order valence-electron chi connectivity index (χ1n) is 5.51. The molecule has 0 bridgehead atoms. The molecule has 0 saturated carbocycles. The number of hydrogen-bond acceptors (Lipinski definition) is 5. The maximum absolute atomic E-state index is 9.13. The fraction of sp³-hybridized carbons (Fsp3) is 0.250. The fourth-order valence-electron chi connectivity index (χ4n) is 1.75. The Bertz CT molecular complexity index is 608. The zero-order valence-corrected chi connectivity index (χ0v) is 10.3. The molecule has 0 aliphatic carbocycles. The molecule has 0 saturated heterocycles. The summed E-state index contributed by atoms with van der Waals surface area (Å²) in [6, 6.07) is 4.04. The molecule has 2 rings (SSSR count). The summed E-state index contributed by atoms with van der Waals surface area (Å²) in [6.07, 6.45) is 1.65. The van der Waals surface area contributed by atoms with Gasteiger partial charge in [0.25, 0.3) is 0 Å². The normalized spacial score (nSPS) is 10.1. The van der Waals surface area contributed by atoms with E-state index in [2.05, 4.69) is 26.6 Å². The van der Waals surface area contributed by atoms with E-state index >= 15 is 0 Å². The van der Waals surface area contributed by atoms with Gasteiger partial charge in [-0.1, -0.05) is 0 Å². The number of nitrogens with zero attached hydrogens (tertiary/aromatic N) is 3. The largest absolute Gasteiger partial charge is 0.384 e. The van der Waals surface area contributed by atoms with Crippen LogP contribution in [0.3, 0.4) is 0 Å². The number of nitrogens with two attached hydrogens (primary N) is 1. The number of nitrogen functional groups attached to an aromatic ring is 1. The summed E-state index contributed by atoms with van der Waals surface area (Å²) in [4.78, 5) is 4.33. The molecule has 0 aromatic carbocycles. The Morgan fingerprint density at radius 1 is 1.50 bits per heavy atom. The first kappa shape index (κ1) is 11.9. The summed E-state index contributed by atoms with van der Waals surface area (Å²) in [5.74, 6) is 1.10. The Morgan fingerprint density at radius 2 is 2.28 bits per heavy atom. The minimum absolute atomic E-state index is 0.479. The molecule has 18 heavy (non-hydrogen) atoms. The van der Waals surface area contributed by atoms with Gasteiger partial charge < -0.3 is 11.1 Å². The van der Waals surface area contributed by atoms with E-state index < -0.39 is 0 Å². The van der Waals surface area contributed by atoms with E-state index in [9.17, 15) is 0 Å². The van der Waals surface area contributed by atoms with Crippen molar-refractivity contribution in [2.45, 2.75) is 20.4 Å². The highest BCUT2D eigenvalue weighted by Crippen LogP contribution is 2.18. The average molecular weight is 242 g/mol. The molecule has 0 fully saturated rings. The summed E-state index contributed by atoms with van der Waals surface area (Å²) < 4.78 is 0. The van der Waals surface area contributed by atoms with Crippen LogP contribution in [0, 0.1) is 25.2 Å². The zero-order valence-electron chi connectivity index (χ0n) is 10.3. The highest BCUT2D eigenvalue weighted by atomic mass is 15.1. The number of aryl methyl sites for hydroxylation is 2. The predicted octanol–water partition coefficient (Wildman–Crippen LogP) is 1.49. The van der Waals surface area contributed by atoms with Gasteiger partial charge in [0.1, 0.15) is 17.7 Å². The number of anilines is 2. The summed E-state index contributed by atoms with van der Waals surface area (Å²) in [7, 11) is 0. The van der Waals surface area contributed by atoms with Crippen LogP contribution in [0.2, 0.25) is 0 Å². The van der Waals surface area contributed by atoms with Gasteiger partial charge in [0.15, 0.2) is 0 Å². The lowest BCUT2D eigenvalue weighted by atomic mass is 10.1. The van der Waals surface area contributed by atoms with Crippen molar-refractivity contribution in [2.24, 2.45) is 0 Å². The fourth-order valence-corrected chi connectivity index (χ4v) is 1.75. The molecule has 0 radical (unpaired) electrons. The molecule has 0 aliphatic rings. The molecule has 2 aromatic rings. The molecule has 4 N–H and O–H groups in total. The van der Waals surface area contributed by atoms with Crippen LogP contribution in [-0.4, -0.2) is 15.2 Å². The van der Waals surface area contributed by atoms with Gasteiger partial charge in [-0.3, -0.25) is 5.10 Å². The summed E-state index contributed by atoms with van der Waals surface area (Å²) in [5, 5.41) is 18.7. The van der Waals surface area contributed by atoms with Gasteiger partial charge >= 0.3 is 0 Å². The van der Waals surface area contributed by atoms with Crippen LogP contribution in [0.25, 0.3) is 0 Å². The minimum atomic E-state index is 0.479. The van der Waals surface area contributed by atoms with Crippen LogP contribution in [0.15, 0.2) is 12.3 Å². The topological polar surface area (TPSA) is 103 Å². The van der Waals surface area contributed by atoms with Gasteiger partial charge in [0.05, 0.1) is 11.8 Å². The highest BCUT2D eigenvalue weighted by Gasteiger charge is 2.09. The van der Waals surface area contributed by atoms with Crippen LogP contribution in [-0.2, 0) is 6.54 Å². The summed E-state index contributed by atoms with van der Waals surface area (Å²) in [5.41, 5.74) is 8.88. The Balaban J connectivity index is 2.24. The van der Waals surface area contributed by atoms with Crippen molar-refractivity contribution in [1.82, 2.24) is 15.2 Å². The second kappa shape index (κ2) is 4.75. The van der Waals surface area contributed by atoms with E-state index in [-0.39, 0.29) is 0 Å². The smallest absolute Gasteiger partial charge is 0.144 e. The van der Waals surface area contributed by atoms with Gasteiger partial charge in [-0.25, -0.2) is 4.98 Å². The molecule has 92 valence electrons. The molecule has 0 unspecified atom stereocenters. The quantitative estimate of drug-likeness (QED) is 0.756. The SMILES string of the molecule is Cc1cc(C)c(C#N)c(NCc2cn[nH]c2N)n1. The molecule has 0 amide bonds. The number of rotatable bonds is 3. The Hall–Kier alpha value is -2.55. The van der Waals surface area contributed by atoms with E-state index in [1.165, 1.54) is 0 Å². The molecular weight excluding hydrogens is 228 g/mol. The first-order valence-corrected chi connectivity index (χ1v) is 5.51. The standard InChI is InChI=1S/C12H14N6/c1-7-3-8(2)17-12(10(7)4-13)15-5-9-6-16-18-11(9)14/h3,6H,5H2,1-2H3,(H,15,17)(H3,14,16,18). The van der Waals surface area contributed by atoms with Crippen LogP contribution >= 0.6 is 0 Å². The van der Waals surface area contributed by atoms with Crippen molar-refractivity contribution >= 4 is 11.6 Å². The Kier molecular flexibility index (Phi) is 3.15. The van der Waals surface area contributed by atoms with E-state index in [4.69, 9.17) is 11.0 Å². The monoisotopic (exact) mass is 242 g/mol. The van der Waals surface area contributed by atoms with Crippen molar-refractivity contribution in [3.63, 3.8) is 0 Å². The van der Waals surface area contributed by atoms with Crippen LogP contribution in [0.5, 0.6) is 0 Å². The number of aromatic amines is 1. The minimum Gasteiger partial charge on any atom is -0.384 e. The number of H-pyrrole nitrogens is 1. The van der Waals surface area contributed by atoms with Crippen molar-refractivity contribution in [3.05, 3.63) is 34.6 Å². The molecule has 2 heterocycles. The zero-order chi connectivity index (χ0) is 13.1. The van der Waals surface area contributed by atoms with Gasteiger partial charge in [-0.15, -0.1) is 0 Å². The van der Waals surface area contributed by atoms with Crippen molar-refractivity contribution in [2.75, 3.05) is 11.1 Å². The van der Waals surface area contributed by atoms with E-state index in [0.717, 1.165) is 16.8 Å². The third-order valence-corrected chi connectivity index (χ3v) is 2.65. The summed E-state index contributed by atoms with van der Waals surface area (Å²) >= 11 is 0. The molecule has 6 heteroatoms. The second-order valence-corrected chi connectivity index (χ2v) is 4.08. The molecular formula is C12H14N6. The number of nitrogens with one attached hydrogen (secondary N) is 2. The first-order chi connectivity index (χ1) is 8.61. The second-order valence-electron chi connectivity index (χ2n) is 4.08. The van der Waals surface area contributed by atoms with Crippen molar-refractivity contribution in [3.8, 4) is 6.07 Å². The molecule has 0 aliphatic heterocycles. The predicted molar refractivity (Wildman–Crippen MR) is 68.8 cm³/mol. The van der Waals surface area contributed by atoms with Crippen LogP contribution in [0.1, 0.15) is 22.4 Å². The molecule has 0 atom stereocenters. The lowest BCUT2D eigenvalue weighted by Crippen LogP contribution is -2.06. The van der Waals surface area contributed by atoms with Crippen LogP contribution < -0.4 is 11.1 Å². The number of pyridine rings is 1. The third kappa shape index (κ3) is 2.25. The lowest BCUT2D eigenvalue weighted by molar-refractivity contribution is 1.08. The van der Waals surface area contributed by atoms with Gasteiger partial charge in [0, 0.05) is 17.8 Å². The Labute approximate surface area is 105 Å². The van der Waals surface area contributed by atoms with Crippen molar-refractivity contribution < 1.29 is 0 Å². The molecule has 6 nitrogen and oxygen atoms in total. The maximum Gasteiger partial charge on any atom is 0.144 e. The summed E-state index contributed by atoms with van der Waals surface area (Å²) in [6.45, 7) is 4.27. The van der Waals surface area contributed by atoms with E-state index in [1.807, 2.05) is 19.9 Å². The lowest BCUT2D eigenvalue weighted by Gasteiger charge is -2.09. The number of aromatic nitrogens is 3. The Morgan fingerprint density at radius 3 is 2.89 bits per heavy atom. The van der Waals surface area contributed by atoms with Gasteiger partial charge in [0.2, 0.25) is 0 Å². The number of nitriles is 1. The maximum atomic E-state index is 9.13. The van der Waals surface area contributed by atoms with Crippen molar-refractivity contribution in [1.29, 1.82) is 5.26 Å². The van der Waals surface area contributed by atoms with Gasteiger partial charge in [-0.05, 0) is 25.5 Å². The average Bonchev–Trinajstić information content (AvgIpc) is 2.71. The molecule has 2 aromatic heterocycles. The number of hydrogen-bond donors (Lipinski definition) is 3. The van der Waals surface area contributed by atoms with E-state index in [1.54, 1.807) is 6.20 Å². The molecule has 0 spiro atoms. The van der Waals surface area contributed by atoms with E-state index in [0.29, 0.717) is 23.7 Å².